The normalized spacial score (nSPS) is 12.1. The third kappa shape index (κ3) is 4.04. The van der Waals surface area contributed by atoms with Crippen molar-refractivity contribution < 1.29 is 9.18 Å². The number of rotatable bonds is 6. The van der Waals surface area contributed by atoms with Gasteiger partial charge in [0.05, 0.1) is 10.8 Å². The van der Waals surface area contributed by atoms with Gasteiger partial charge in [0.2, 0.25) is 11.1 Å². The molecule has 0 bridgehead atoms. The molecule has 0 fully saturated rings. The summed E-state index contributed by atoms with van der Waals surface area (Å²) in [5.74, 6) is -0.0604. The van der Waals surface area contributed by atoms with E-state index in [-0.39, 0.29) is 17.0 Å². The molecule has 5 nitrogen and oxygen atoms in total. The topological polar surface area (TPSA) is 70.7 Å². The Bertz CT molecular complexity index is 617. The predicted octanol–water partition coefficient (Wildman–Crippen LogP) is 2.62. The fourth-order valence-corrected chi connectivity index (χ4v) is 2.43. The van der Waals surface area contributed by atoms with Crippen LogP contribution in [0.2, 0.25) is 0 Å². The maximum atomic E-state index is 13.7. The highest BCUT2D eigenvalue weighted by Crippen LogP contribution is 2.24. The standard InChI is InChI=1S/C14H17FN4OS/c1-3-8-16-13(20)9(2)21-14-17-12(18-19-14)10-6-4-5-7-11(10)15/h4-7,9H,3,8H2,1-2H3,(H,16,20)(H,17,18,19)/t9-/m0/s1. The minimum atomic E-state index is -0.362. The summed E-state index contributed by atoms with van der Waals surface area (Å²) in [7, 11) is 0. The summed E-state index contributed by atoms with van der Waals surface area (Å²) < 4.78 is 13.7. The molecule has 0 spiro atoms. The number of thioether (sulfide) groups is 1. The summed E-state index contributed by atoms with van der Waals surface area (Å²) in [5, 5.41) is 9.65. The lowest BCUT2D eigenvalue weighted by molar-refractivity contribution is -0.120. The van der Waals surface area contributed by atoms with Gasteiger partial charge in [-0.25, -0.2) is 9.37 Å². The van der Waals surface area contributed by atoms with Gasteiger partial charge >= 0.3 is 0 Å². The molecule has 0 aliphatic heterocycles. The summed E-state index contributed by atoms with van der Waals surface area (Å²) >= 11 is 1.24. The smallest absolute Gasteiger partial charge is 0.233 e. The maximum Gasteiger partial charge on any atom is 0.233 e. The van der Waals surface area contributed by atoms with Crippen LogP contribution in [-0.4, -0.2) is 32.9 Å². The first-order valence-corrected chi connectivity index (χ1v) is 7.61. The minimum absolute atomic E-state index is 0.0564. The van der Waals surface area contributed by atoms with Crippen molar-refractivity contribution in [2.24, 2.45) is 0 Å². The van der Waals surface area contributed by atoms with Crippen LogP contribution in [0.15, 0.2) is 29.4 Å². The van der Waals surface area contributed by atoms with Gasteiger partial charge in [0, 0.05) is 6.54 Å². The highest BCUT2D eigenvalue weighted by Gasteiger charge is 2.17. The maximum absolute atomic E-state index is 13.7. The second-order valence-electron chi connectivity index (χ2n) is 4.50. The number of carbonyl (C=O) groups excluding carboxylic acids is 1. The Morgan fingerprint density at radius 1 is 1.48 bits per heavy atom. The number of nitrogens with one attached hydrogen (secondary N) is 2. The minimum Gasteiger partial charge on any atom is -0.355 e. The van der Waals surface area contributed by atoms with Crippen molar-refractivity contribution in [2.75, 3.05) is 6.54 Å². The van der Waals surface area contributed by atoms with Gasteiger partial charge in [0.1, 0.15) is 5.82 Å². The number of hydrogen-bond donors (Lipinski definition) is 2. The third-order valence-corrected chi connectivity index (χ3v) is 3.76. The average Bonchev–Trinajstić information content (AvgIpc) is 2.93. The molecule has 2 N–H and O–H groups in total. The van der Waals surface area contributed by atoms with E-state index < -0.39 is 0 Å². The fourth-order valence-electron chi connectivity index (χ4n) is 1.68. The van der Waals surface area contributed by atoms with Gasteiger partial charge in [-0.2, -0.15) is 0 Å². The van der Waals surface area contributed by atoms with Crippen molar-refractivity contribution in [2.45, 2.75) is 30.7 Å². The molecule has 1 atom stereocenters. The molecule has 1 heterocycles. The van der Waals surface area contributed by atoms with Crippen LogP contribution in [0, 0.1) is 5.82 Å². The van der Waals surface area contributed by atoms with Crippen LogP contribution in [0.3, 0.4) is 0 Å². The van der Waals surface area contributed by atoms with Crippen molar-refractivity contribution in [3.63, 3.8) is 0 Å². The molecule has 0 aliphatic rings. The highest BCUT2D eigenvalue weighted by molar-refractivity contribution is 8.00. The quantitative estimate of drug-likeness (QED) is 0.805. The van der Waals surface area contributed by atoms with E-state index in [4.69, 9.17) is 0 Å². The number of benzene rings is 1. The van der Waals surface area contributed by atoms with Crippen LogP contribution in [0.1, 0.15) is 20.3 Å². The number of carbonyl (C=O) groups is 1. The Hall–Kier alpha value is -1.89. The first kappa shape index (κ1) is 15.5. The van der Waals surface area contributed by atoms with Crippen molar-refractivity contribution in [1.82, 2.24) is 20.5 Å². The lowest BCUT2D eigenvalue weighted by atomic mass is 10.2. The van der Waals surface area contributed by atoms with E-state index >= 15 is 0 Å². The zero-order chi connectivity index (χ0) is 15.2. The first-order chi connectivity index (χ1) is 10.1. The van der Waals surface area contributed by atoms with Gasteiger partial charge in [-0.15, -0.1) is 5.10 Å². The largest absolute Gasteiger partial charge is 0.355 e. The van der Waals surface area contributed by atoms with Gasteiger partial charge in [0.15, 0.2) is 5.82 Å². The first-order valence-electron chi connectivity index (χ1n) is 6.73. The summed E-state index contributed by atoms with van der Waals surface area (Å²) in [4.78, 5) is 16.0. The number of amides is 1. The highest BCUT2D eigenvalue weighted by atomic mass is 32.2. The molecule has 0 radical (unpaired) electrons. The molecule has 2 rings (SSSR count). The van der Waals surface area contributed by atoms with Gasteiger partial charge in [-0.05, 0) is 25.5 Å². The average molecular weight is 308 g/mol. The van der Waals surface area contributed by atoms with Crippen molar-refractivity contribution in [3.8, 4) is 11.4 Å². The second kappa shape index (κ2) is 7.21. The van der Waals surface area contributed by atoms with Crippen molar-refractivity contribution >= 4 is 17.7 Å². The number of hydrogen-bond acceptors (Lipinski definition) is 4. The monoisotopic (exact) mass is 308 g/mol. The summed E-state index contributed by atoms with van der Waals surface area (Å²) in [5.41, 5.74) is 0.361. The summed E-state index contributed by atoms with van der Waals surface area (Å²) in [6, 6.07) is 6.34. The molecule has 2 aromatic rings. The molecular formula is C14H17FN4OS. The Morgan fingerprint density at radius 3 is 2.95 bits per heavy atom. The van der Waals surface area contributed by atoms with E-state index in [2.05, 4.69) is 20.5 Å². The van der Waals surface area contributed by atoms with Gasteiger partial charge in [-0.1, -0.05) is 30.8 Å². The van der Waals surface area contributed by atoms with Crippen LogP contribution in [0.25, 0.3) is 11.4 Å². The van der Waals surface area contributed by atoms with Gasteiger partial charge in [-0.3, -0.25) is 9.89 Å². The van der Waals surface area contributed by atoms with Gasteiger partial charge in [0.25, 0.3) is 0 Å². The number of aromatic amines is 1. The van der Waals surface area contributed by atoms with Crippen molar-refractivity contribution in [3.05, 3.63) is 30.1 Å². The van der Waals surface area contributed by atoms with Crippen LogP contribution < -0.4 is 5.32 Å². The van der Waals surface area contributed by atoms with Crippen molar-refractivity contribution in [1.29, 1.82) is 0 Å². The molecule has 7 heteroatoms. The predicted molar refractivity (Wildman–Crippen MR) is 80.4 cm³/mol. The van der Waals surface area contributed by atoms with Crippen LogP contribution in [0.5, 0.6) is 0 Å². The molecule has 1 aromatic heterocycles. The Kier molecular flexibility index (Phi) is 5.32. The molecule has 1 amide bonds. The Labute approximate surface area is 126 Å². The molecule has 0 unspecified atom stereocenters. The zero-order valence-corrected chi connectivity index (χ0v) is 12.7. The molecule has 21 heavy (non-hydrogen) atoms. The number of aromatic nitrogens is 3. The van der Waals surface area contributed by atoms with Crippen LogP contribution >= 0.6 is 11.8 Å². The SMILES string of the molecule is CCCNC(=O)[C@H](C)Sc1n[nH]c(-c2ccccc2F)n1. The number of H-pyrrole nitrogens is 1. The Morgan fingerprint density at radius 2 is 2.24 bits per heavy atom. The molecule has 1 aromatic carbocycles. The molecule has 0 saturated heterocycles. The number of nitrogens with zero attached hydrogens (tertiary/aromatic N) is 2. The summed E-state index contributed by atoms with van der Waals surface area (Å²) in [6.07, 6.45) is 0.890. The van der Waals surface area contributed by atoms with E-state index in [1.807, 2.05) is 6.92 Å². The van der Waals surface area contributed by atoms with Crippen LogP contribution in [0.4, 0.5) is 4.39 Å². The molecule has 0 saturated carbocycles. The lowest BCUT2D eigenvalue weighted by Crippen LogP contribution is -2.31. The van der Waals surface area contributed by atoms with Gasteiger partial charge < -0.3 is 5.32 Å². The summed E-state index contributed by atoms with van der Waals surface area (Å²) in [6.45, 7) is 4.43. The van der Waals surface area contributed by atoms with E-state index in [1.165, 1.54) is 17.8 Å². The molecular weight excluding hydrogens is 291 g/mol. The molecule has 0 aliphatic carbocycles. The van der Waals surface area contributed by atoms with E-state index in [9.17, 15) is 9.18 Å². The molecule has 112 valence electrons. The van der Waals surface area contributed by atoms with E-state index in [1.54, 1.807) is 25.1 Å². The van der Waals surface area contributed by atoms with E-state index in [0.29, 0.717) is 23.1 Å². The fraction of sp³-hybridized carbons (Fsp3) is 0.357. The zero-order valence-electron chi connectivity index (χ0n) is 11.9. The third-order valence-electron chi connectivity index (χ3n) is 2.79. The van der Waals surface area contributed by atoms with Crippen LogP contribution in [-0.2, 0) is 4.79 Å². The Balaban J connectivity index is 2.04. The second-order valence-corrected chi connectivity index (χ2v) is 5.81. The van der Waals surface area contributed by atoms with E-state index in [0.717, 1.165) is 6.42 Å². The lowest BCUT2D eigenvalue weighted by Gasteiger charge is -2.08. The number of halogens is 1.